The number of esters is 1. The number of hydrogen-bond acceptors (Lipinski definition) is 7. The quantitative estimate of drug-likeness (QED) is 0.307. The lowest BCUT2D eigenvalue weighted by molar-refractivity contribution is -0.145. The molecule has 4 amide bonds. The van der Waals surface area contributed by atoms with Gasteiger partial charge in [0.15, 0.2) is 18.1 Å². The van der Waals surface area contributed by atoms with Crippen molar-refractivity contribution in [2.75, 3.05) is 32.2 Å². The van der Waals surface area contributed by atoms with Crippen LogP contribution in [0.2, 0.25) is 5.02 Å². The van der Waals surface area contributed by atoms with Crippen LogP contribution in [0, 0.1) is 6.92 Å². The molecule has 1 aliphatic heterocycles. The fraction of sp³-hybridized carbons (Fsp3) is 0.250. The van der Waals surface area contributed by atoms with Gasteiger partial charge in [0.05, 0.1) is 18.7 Å². The zero-order valence-corrected chi connectivity index (χ0v) is 20.1. The highest BCUT2D eigenvalue weighted by molar-refractivity contribution is 6.32. The number of aryl methyl sites for hydroxylation is 1. The number of nitrogens with zero attached hydrogens (tertiary/aromatic N) is 1. The summed E-state index contributed by atoms with van der Waals surface area (Å²) in [5.41, 5.74) is 1.89. The molecule has 0 aromatic heterocycles. The van der Waals surface area contributed by atoms with Crippen molar-refractivity contribution in [1.29, 1.82) is 0 Å². The molecule has 0 unspecified atom stereocenters. The average Bonchev–Trinajstić information content (AvgIpc) is 3.05. The maximum absolute atomic E-state index is 12.8. The van der Waals surface area contributed by atoms with E-state index < -0.39 is 30.4 Å². The number of hydrogen-bond donors (Lipinski definition) is 2. The molecule has 1 aliphatic rings. The molecule has 0 atom stereocenters. The molecule has 0 spiro atoms. The maximum Gasteiger partial charge on any atom is 0.344 e. The predicted molar refractivity (Wildman–Crippen MR) is 128 cm³/mol. The van der Waals surface area contributed by atoms with Crippen molar-refractivity contribution in [3.8, 4) is 11.5 Å². The Morgan fingerprint density at radius 1 is 1.20 bits per heavy atom. The number of nitrogens with one attached hydrogen (secondary N) is 2. The number of carbonyl (C=O) groups is 4. The fourth-order valence-electron chi connectivity index (χ4n) is 3.25. The molecule has 0 bridgehead atoms. The number of rotatable bonds is 9. The molecule has 3 rings (SSSR count). The topological polar surface area (TPSA) is 123 Å². The monoisotopic (exact) mass is 501 g/mol. The van der Waals surface area contributed by atoms with Crippen molar-refractivity contribution in [1.82, 2.24) is 10.2 Å². The van der Waals surface area contributed by atoms with E-state index in [0.29, 0.717) is 11.3 Å². The van der Waals surface area contributed by atoms with Crippen molar-refractivity contribution >= 4 is 47.2 Å². The summed E-state index contributed by atoms with van der Waals surface area (Å²) in [5.74, 6) is -1.43. The Morgan fingerprint density at radius 2 is 1.97 bits per heavy atom. The molecule has 1 heterocycles. The van der Waals surface area contributed by atoms with Gasteiger partial charge in [-0.15, -0.1) is 0 Å². The van der Waals surface area contributed by atoms with Crippen LogP contribution in [0.25, 0.3) is 6.08 Å². The van der Waals surface area contributed by atoms with Crippen LogP contribution in [0.5, 0.6) is 11.5 Å². The SMILES string of the molecule is CCOC(=O)COc1c(Cl)cc(/C=C2/NC(=O)N(CC(=O)Nc3cccc(C)c3)C2=O)cc1OC. The van der Waals surface area contributed by atoms with E-state index in [9.17, 15) is 19.2 Å². The van der Waals surface area contributed by atoms with Gasteiger partial charge in [0.25, 0.3) is 5.91 Å². The Kier molecular flexibility index (Phi) is 8.32. The number of anilines is 1. The number of ether oxygens (including phenoxy) is 3. The van der Waals surface area contributed by atoms with Gasteiger partial charge in [0, 0.05) is 5.69 Å². The second kappa shape index (κ2) is 11.4. The summed E-state index contributed by atoms with van der Waals surface area (Å²) in [6.45, 7) is 2.95. The van der Waals surface area contributed by atoms with Gasteiger partial charge < -0.3 is 24.8 Å². The van der Waals surface area contributed by atoms with E-state index in [1.807, 2.05) is 13.0 Å². The number of methoxy groups -OCH3 is 1. The normalized spacial score (nSPS) is 14.1. The van der Waals surface area contributed by atoms with Crippen LogP contribution in [-0.2, 0) is 19.1 Å². The van der Waals surface area contributed by atoms with Crippen LogP contribution < -0.4 is 20.1 Å². The van der Waals surface area contributed by atoms with E-state index in [0.717, 1.165) is 10.5 Å². The Labute approximate surface area is 206 Å². The fourth-order valence-corrected chi connectivity index (χ4v) is 3.52. The van der Waals surface area contributed by atoms with E-state index in [2.05, 4.69) is 10.6 Å². The van der Waals surface area contributed by atoms with Crippen LogP contribution >= 0.6 is 11.6 Å². The van der Waals surface area contributed by atoms with Crippen molar-refractivity contribution < 1.29 is 33.4 Å². The molecular formula is C24H24ClN3O7. The summed E-state index contributed by atoms with van der Waals surface area (Å²) >= 11 is 6.29. The zero-order chi connectivity index (χ0) is 25.5. The van der Waals surface area contributed by atoms with Crippen molar-refractivity contribution in [3.63, 3.8) is 0 Å². The minimum atomic E-state index is -0.729. The Hall–Kier alpha value is -4.05. The van der Waals surface area contributed by atoms with E-state index in [4.69, 9.17) is 25.8 Å². The third-order valence-corrected chi connectivity index (χ3v) is 5.05. The van der Waals surface area contributed by atoms with Crippen LogP contribution in [0.4, 0.5) is 10.5 Å². The summed E-state index contributed by atoms with van der Waals surface area (Å²) in [7, 11) is 1.39. The Bertz CT molecular complexity index is 1200. The first-order valence-electron chi connectivity index (χ1n) is 10.6. The highest BCUT2D eigenvalue weighted by Crippen LogP contribution is 2.37. The third kappa shape index (κ3) is 6.51. The highest BCUT2D eigenvalue weighted by Gasteiger charge is 2.35. The molecule has 1 fully saturated rings. The first-order valence-corrected chi connectivity index (χ1v) is 11.0. The van der Waals surface area contributed by atoms with Crippen molar-refractivity contribution in [2.45, 2.75) is 13.8 Å². The largest absolute Gasteiger partial charge is 0.493 e. The lowest BCUT2D eigenvalue weighted by atomic mass is 10.1. The molecule has 0 aliphatic carbocycles. The standard InChI is InChI=1S/C24H24ClN3O7/c1-4-34-21(30)13-35-22-17(25)9-15(11-19(22)33-3)10-18-23(31)28(24(32)27-18)12-20(29)26-16-7-5-6-14(2)8-16/h5-11H,4,12-13H2,1-3H3,(H,26,29)(H,27,32)/b18-10+. The molecule has 2 aromatic carbocycles. The average molecular weight is 502 g/mol. The minimum absolute atomic E-state index is 0.0448. The van der Waals surface area contributed by atoms with Gasteiger partial charge in [-0.1, -0.05) is 23.7 Å². The number of benzene rings is 2. The zero-order valence-electron chi connectivity index (χ0n) is 19.3. The second-order valence-electron chi connectivity index (χ2n) is 7.42. The number of urea groups is 1. The van der Waals surface area contributed by atoms with Gasteiger partial charge in [-0.3, -0.25) is 9.59 Å². The molecule has 35 heavy (non-hydrogen) atoms. The minimum Gasteiger partial charge on any atom is -0.493 e. The molecule has 0 saturated carbocycles. The van der Waals surface area contributed by atoms with Crippen LogP contribution in [0.3, 0.4) is 0 Å². The number of amides is 4. The van der Waals surface area contributed by atoms with E-state index in [-0.39, 0.29) is 35.4 Å². The summed E-state index contributed by atoms with van der Waals surface area (Å²) < 4.78 is 15.5. The van der Waals surface area contributed by atoms with E-state index in [1.54, 1.807) is 25.1 Å². The van der Waals surface area contributed by atoms with Crippen molar-refractivity contribution in [2.24, 2.45) is 0 Å². The van der Waals surface area contributed by atoms with Crippen LogP contribution in [0.1, 0.15) is 18.1 Å². The molecule has 0 radical (unpaired) electrons. The first kappa shape index (κ1) is 25.6. The van der Waals surface area contributed by atoms with E-state index in [1.165, 1.54) is 25.3 Å². The number of halogens is 1. The molecule has 1 saturated heterocycles. The van der Waals surface area contributed by atoms with Gasteiger partial charge in [0.1, 0.15) is 12.2 Å². The summed E-state index contributed by atoms with van der Waals surface area (Å²) in [5, 5.41) is 5.22. The molecule has 10 nitrogen and oxygen atoms in total. The van der Waals surface area contributed by atoms with Gasteiger partial charge in [-0.25, -0.2) is 14.5 Å². The lowest BCUT2D eigenvalue weighted by Crippen LogP contribution is -2.38. The highest BCUT2D eigenvalue weighted by atomic mass is 35.5. The molecule has 184 valence electrons. The predicted octanol–water partition coefficient (Wildman–Crippen LogP) is 3.13. The van der Waals surface area contributed by atoms with Crippen LogP contribution in [-0.4, -0.2) is 55.6 Å². The second-order valence-corrected chi connectivity index (χ2v) is 7.83. The Morgan fingerprint density at radius 3 is 2.66 bits per heavy atom. The molecule has 2 aromatic rings. The lowest BCUT2D eigenvalue weighted by Gasteiger charge is -2.13. The van der Waals surface area contributed by atoms with Gasteiger partial charge in [0.2, 0.25) is 5.91 Å². The van der Waals surface area contributed by atoms with E-state index >= 15 is 0 Å². The number of carbonyl (C=O) groups excluding carboxylic acids is 4. The summed E-state index contributed by atoms with van der Waals surface area (Å²) in [6.07, 6.45) is 1.39. The van der Waals surface area contributed by atoms with Gasteiger partial charge in [-0.05, 0) is 55.3 Å². The van der Waals surface area contributed by atoms with Gasteiger partial charge >= 0.3 is 12.0 Å². The first-order chi connectivity index (χ1) is 16.7. The smallest absolute Gasteiger partial charge is 0.344 e. The number of imide groups is 1. The summed E-state index contributed by atoms with van der Waals surface area (Å²) in [4.78, 5) is 49.8. The summed E-state index contributed by atoms with van der Waals surface area (Å²) in [6, 6.07) is 9.41. The van der Waals surface area contributed by atoms with Crippen molar-refractivity contribution in [3.05, 3.63) is 58.2 Å². The third-order valence-electron chi connectivity index (χ3n) is 4.77. The molecule has 11 heteroatoms. The van der Waals surface area contributed by atoms with Gasteiger partial charge in [-0.2, -0.15) is 0 Å². The van der Waals surface area contributed by atoms with Crippen LogP contribution in [0.15, 0.2) is 42.1 Å². The molecule has 2 N–H and O–H groups in total. The Balaban J connectivity index is 1.73. The molecular weight excluding hydrogens is 478 g/mol. The maximum atomic E-state index is 12.8.